The Balaban J connectivity index is 1.78. The van der Waals surface area contributed by atoms with Gasteiger partial charge in [0.05, 0.1) is 16.8 Å². The normalized spacial score (nSPS) is 11.3. The second-order valence-electron chi connectivity index (χ2n) is 7.57. The summed E-state index contributed by atoms with van der Waals surface area (Å²) in [5, 5.41) is 3.91. The van der Waals surface area contributed by atoms with Crippen molar-refractivity contribution in [2.45, 2.75) is 25.7 Å². The molecule has 0 aliphatic heterocycles. The van der Waals surface area contributed by atoms with Crippen LogP contribution in [0.2, 0.25) is 0 Å². The maximum atomic E-state index is 13.4. The smallest absolute Gasteiger partial charge is 0.308 e. The Kier molecular flexibility index (Phi) is 7.80. The molecule has 1 amide bonds. The summed E-state index contributed by atoms with van der Waals surface area (Å²) in [6, 6.07) is 19.9. The summed E-state index contributed by atoms with van der Waals surface area (Å²) in [7, 11) is -4.00. The molecule has 0 aliphatic carbocycles. The van der Waals surface area contributed by atoms with Gasteiger partial charge in [0.15, 0.2) is 0 Å². The van der Waals surface area contributed by atoms with Crippen LogP contribution in [0.4, 0.5) is 5.69 Å². The lowest BCUT2D eigenvalue weighted by atomic mass is 10.2. The SMILES string of the molecule is CC(=O)Oc1ccc(/C=N/NC(=O)CN(c2ccccc2C)S(=O)(=O)c2ccc(C)cc2)cc1. The van der Waals surface area contributed by atoms with Gasteiger partial charge in [0, 0.05) is 6.92 Å². The van der Waals surface area contributed by atoms with E-state index in [4.69, 9.17) is 4.74 Å². The number of nitrogens with zero attached hydrogens (tertiary/aromatic N) is 2. The van der Waals surface area contributed by atoms with E-state index >= 15 is 0 Å². The third kappa shape index (κ3) is 6.29. The first-order valence-electron chi connectivity index (χ1n) is 10.4. The van der Waals surface area contributed by atoms with Gasteiger partial charge >= 0.3 is 5.97 Å². The Morgan fingerprint density at radius 2 is 1.62 bits per heavy atom. The van der Waals surface area contributed by atoms with Gasteiger partial charge in [-0.2, -0.15) is 5.10 Å². The summed E-state index contributed by atoms with van der Waals surface area (Å²) in [4.78, 5) is 23.7. The zero-order valence-electron chi connectivity index (χ0n) is 19.1. The quantitative estimate of drug-likeness (QED) is 0.230. The molecule has 1 N–H and O–H groups in total. The molecule has 0 fully saturated rings. The number of rotatable bonds is 8. The van der Waals surface area contributed by atoms with E-state index in [1.54, 1.807) is 67.6 Å². The molecule has 8 nitrogen and oxygen atoms in total. The van der Waals surface area contributed by atoms with Crippen LogP contribution in [0.3, 0.4) is 0 Å². The van der Waals surface area contributed by atoms with E-state index < -0.39 is 28.4 Å². The van der Waals surface area contributed by atoms with Gasteiger partial charge in [-0.3, -0.25) is 13.9 Å². The number of aryl methyl sites for hydroxylation is 2. The zero-order chi connectivity index (χ0) is 24.7. The number of anilines is 1. The zero-order valence-corrected chi connectivity index (χ0v) is 19.9. The topological polar surface area (TPSA) is 105 Å². The molecule has 0 heterocycles. The number of esters is 1. The number of benzene rings is 3. The highest BCUT2D eigenvalue weighted by molar-refractivity contribution is 7.92. The van der Waals surface area contributed by atoms with Gasteiger partial charge in [0.1, 0.15) is 12.3 Å². The molecule has 176 valence electrons. The molecular weight excluding hydrogens is 454 g/mol. The average Bonchev–Trinajstić information content (AvgIpc) is 2.79. The maximum absolute atomic E-state index is 13.4. The molecule has 3 aromatic rings. The van der Waals surface area contributed by atoms with Crippen molar-refractivity contribution in [3.63, 3.8) is 0 Å². The number of hydrogen-bond donors (Lipinski definition) is 1. The number of para-hydroxylation sites is 1. The van der Waals surface area contributed by atoms with Crippen LogP contribution in [0.25, 0.3) is 0 Å². The molecule has 0 unspecified atom stereocenters. The second kappa shape index (κ2) is 10.8. The fourth-order valence-corrected chi connectivity index (χ4v) is 4.60. The summed E-state index contributed by atoms with van der Waals surface area (Å²) < 4.78 is 32.9. The van der Waals surface area contributed by atoms with Crippen molar-refractivity contribution < 1.29 is 22.7 Å². The van der Waals surface area contributed by atoms with E-state index in [-0.39, 0.29) is 4.90 Å². The van der Waals surface area contributed by atoms with Crippen LogP contribution in [-0.4, -0.2) is 33.1 Å². The van der Waals surface area contributed by atoms with Crippen LogP contribution in [0, 0.1) is 13.8 Å². The van der Waals surface area contributed by atoms with Gasteiger partial charge in [-0.1, -0.05) is 35.9 Å². The average molecular weight is 480 g/mol. The van der Waals surface area contributed by atoms with Crippen molar-refractivity contribution in [2.75, 3.05) is 10.8 Å². The number of sulfonamides is 1. The van der Waals surface area contributed by atoms with Gasteiger partial charge in [-0.15, -0.1) is 0 Å². The monoisotopic (exact) mass is 479 g/mol. The lowest BCUT2D eigenvalue weighted by molar-refractivity contribution is -0.131. The number of carbonyl (C=O) groups is 2. The van der Waals surface area contributed by atoms with Crippen LogP contribution in [0.15, 0.2) is 82.8 Å². The van der Waals surface area contributed by atoms with E-state index in [0.29, 0.717) is 22.6 Å². The van der Waals surface area contributed by atoms with E-state index in [1.165, 1.54) is 25.3 Å². The number of hydrogen-bond acceptors (Lipinski definition) is 6. The van der Waals surface area contributed by atoms with E-state index in [0.717, 1.165) is 9.87 Å². The third-order valence-electron chi connectivity index (χ3n) is 4.82. The molecule has 0 saturated carbocycles. The molecule has 0 atom stereocenters. The molecule has 3 rings (SSSR count). The highest BCUT2D eigenvalue weighted by Gasteiger charge is 2.28. The molecule has 0 aliphatic rings. The minimum Gasteiger partial charge on any atom is -0.427 e. The van der Waals surface area contributed by atoms with Gasteiger partial charge in [-0.05, 0) is 67.4 Å². The number of ether oxygens (including phenoxy) is 1. The fourth-order valence-electron chi connectivity index (χ4n) is 3.11. The minimum atomic E-state index is -4.00. The standard InChI is InChI=1S/C25H25N3O5S/c1-18-8-14-23(15-9-18)34(31,32)28(24-7-5-4-6-19(24)2)17-25(30)27-26-16-21-10-12-22(13-11-21)33-20(3)29/h4-16H,17H2,1-3H3,(H,27,30)/b26-16+. The molecular formula is C25H25N3O5S. The van der Waals surface area contributed by atoms with Crippen LogP contribution in [0.1, 0.15) is 23.6 Å². The van der Waals surface area contributed by atoms with Crippen molar-refractivity contribution in [1.82, 2.24) is 5.43 Å². The lowest BCUT2D eigenvalue weighted by Crippen LogP contribution is -2.40. The third-order valence-corrected chi connectivity index (χ3v) is 6.60. The van der Waals surface area contributed by atoms with E-state index in [1.807, 2.05) is 6.92 Å². The van der Waals surface area contributed by atoms with Crippen molar-refractivity contribution in [3.8, 4) is 5.75 Å². The lowest BCUT2D eigenvalue weighted by Gasteiger charge is -2.25. The summed E-state index contributed by atoms with van der Waals surface area (Å²) in [5.41, 5.74) is 5.06. The summed E-state index contributed by atoms with van der Waals surface area (Å²) in [6.45, 7) is 4.50. The van der Waals surface area contributed by atoms with Crippen molar-refractivity contribution in [3.05, 3.63) is 89.5 Å². The largest absolute Gasteiger partial charge is 0.427 e. The van der Waals surface area contributed by atoms with Crippen LogP contribution in [0.5, 0.6) is 5.75 Å². The van der Waals surface area contributed by atoms with Crippen LogP contribution < -0.4 is 14.5 Å². The van der Waals surface area contributed by atoms with Crippen molar-refractivity contribution in [2.24, 2.45) is 5.10 Å². The Hall–Kier alpha value is -3.98. The van der Waals surface area contributed by atoms with Crippen LogP contribution in [-0.2, 0) is 19.6 Å². The highest BCUT2D eigenvalue weighted by atomic mass is 32.2. The second-order valence-corrected chi connectivity index (χ2v) is 9.43. The molecule has 0 saturated heterocycles. The molecule has 0 aromatic heterocycles. The minimum absolute atomic E-state index is 0.0884. The number of carbonyl (C=O) groups excluding carboxylic acids is 2. The Labute approximate surface area is 198 Å². The molecule has 9 heteroatoms. The first-order valence-corrected chi connectivity index (χ1v) is 11.9. The highest BCUT2D eigenvalue weighted by Crippen LogP contribution is 2.26. The predicted octanol–water partition coefficient (Wildman–Crippen LogP) is 3.57. The van der Waals surface area contributed by atoms with Crippen molar-refractivity contribution >= 4 is 33.8 Å². The predicted molar refractivity (Wildman–Crippen MR) is 130 cm³/mol. The summed E-state index contributed by atoms with van der Waals surface area (Å²) in [5.74, 6) is -0.636. The molecule has 3 aromatic carbocycles. The van der Waals surface area contributed by atoms with Gasteiger partial charge in [0.2, 0.25) is 0 Å². The van der Waals surface area contributed by atoms with Gasteiger partial charge in [-0.25, -0.2) is 13.8 Å². The number of hydrazone groups is 1. The fraction of sp³-hybridized carbons (Fsp3) is 0.160. The van der Waals surface area contributed by atoms with E-state index in [2.05, 4.69) is 10.5 Å². The van der Waals surface area contributed by atoms with Crippen LogP contribution >= 0.6 is 0 Å². The summed E-state index contributed by atoms with van der Waals surface area (Å²) in [6.07, 6.45) is 1.40. The molecule has 0 spiro atoms. The first-order chi connectivity index (χ1) is 16.2. The van der Waals surface area contributed by atoms with Crippen molar-refractivity contribution in [1.29, 1.82) is 0 Å². The Bertz CT molecular complexity index is 1300. The first kappa shape index (κ1) is 24.7. The molecule has 0 bridgehead atoms. The molecule has 0 radical (unpaired) electrons. The van der Waals surface area contributed by atoms with E-state index in [9.17, 15) is 18.0 Å². The van der Waals surface area contributed by atoms with Gasteiger partial charge in [0.25, 0.3) is 15.9 Å². The summed E-state index contributed by atoms with van der Waals surface area (Å²) >= 11 is 0. The number of nitrogens with one attached hydrogen (secondary N) is 1. The maximum Gasteiger partial charge on any atom is 0.308 e. The molecule has 34 heavy (non-hydrogen) atoms. The Morgan fingerprint density at radius 1 is 0.971 bits per heavy atom. The van der Waals surface area contributed by atoms with Gasteiger partial charge < -0.3 is 4.74 Å². The Morgan fingerprint density at radius 3 is 2.24 bits per heavy atom. The number of amides is 1.